The van der Waals surface area contributed by atoms with Gasteiger partial charge in [-0.1, -0.05) is 115 Å². The SMILES string of the molecule is O=P(C1=C2CCCC[C@H]2[C@H]2CCCCC2=C1)(c1ccccc1)c1ccccc1.[CH]1C=CC=C1.[Co]. The molecule has 1 nitrogen and oxygen atoms in total. The summed E-state index contributed by atoms with van der Waals surface area (Å²) in [6.45, 7) is 0. The van der Waals surface area contributed by atoms with Gasteiger partial charge in [-0.05, 0) is 50.4 Å². The Morgan fingerprint density at radius 1 is 0.647 bits per heavy atom. The average Bonchev–Trinajstić information content (AvgIpc) is 3.49. The Labute approximate surface area is 215 Å². The zero-order chi connectivity index (χ0) is 22.5. The van der Waals surface area contributed by atoms with E-state index in [-0.39, 0.29) is 16.8 Å². The van der Waals surface area contributed by atoms with Gasteiger partial charge in [-0.25, -0.2) is 0 Å². The van der Waals surface area contributed by atoms with E-state index in [1.807, 2.05) is 67.1 Å². The first-order chi connectivity index (χ1) is 16.3. The first-order valence-corrected chi connectivity index (χ1v) is 14.3. The number of benzene rings is 2. The minimum absolute atomic E-state index is 0. The van der Waals surface area contributed by atoms with Crippen LogP contribution in [0, 0.1) is 18.3 Å². The van der Waals surface area contributed by atoms with E-state index in [0.29, 0.717) is 11.8 Å². The Hall–Kier alpha value is -1.86. The topological polar surface area (TPSA) is 17.1 Å². The molecule has 0 unspecified atom stereocenters. The molecule has 34 heavy (non-hydrogen) atoms. The number of fused-ring (bicyclic) bond motifs is 3. The summed E-state index contributed by atoms with van der Waals surface area (Å²) >= 11 is 0. The minimum Gasteiger partial charge on any atom is -0.309 e. The van der Waals surface area contributed by atoms with E-state index in [9.17, 15) is 4.57 Å². The summed E-state index contributed by atoms with van der Waals surface area (Å²) in [6, 6.07) is 20.5. The van der Waals surface area contributed by atoms with Gasteiger partial charge in [0.05, 0.1) is 0 Å². The van der Waals surface area contributed by atoms with Gasteiger partial charge < -0.3 is 4.57 Å². The van der Waals surface area contributed by atoms with Gasteiger partial charge in [-0.15, -0.1) is 0 Å². The van der Waals surface area contributed by atoms with Crippen molar-refractivity contribution in [2.24, 2.45) is 11.8 Å². The molecular formula is C31H34CoOP. The first kappa shape index (κ1) is 25.2. The molecule has 0 saturated heterocycles. The first-order valence-electron chi connectivity index (χ1n) is 12.6. The molecule has 0 amide bonds. The molecular weight excluding hydrogens is 478 g/mol. The smallest absolute Gasteiger partial charge is 0.170 e. The average molecular weight is 513 g/mol. The van der Waals surface area contributed by atoms with Crippen LogP contribution < -0.4 is 10.6 Å². The summed E-state index contributed by atoms with van der Waals surface area (Å²) in [5, 5.41) is 3.15. The molecule has 0 spiro atoms. The van der Waals surface area contributed by atoms with Gasteiger partial charge in [-0.2, -0.15) is 0 Å². The van der Waals surface area contributed by atoms with Crippen molar-refractivity contribution in [1.82, 2.24) is 0 Å². The maximum Gasteiger partial charge on any atom is 0.170 e. The molecule has 178 valence electrons. The van der Waals surface area contributed by atoms with Crippen LogP contribution in [0.4, 0.5) is 0 Å². The monoisotopic (exact) mass is 512 g/mol. The predicted octanol–water partition coefficient (Wildman–Crippen LogP) is 7.89. The van der Waals surface area contributed by atoms with Crippen molar-refractivity contribution in [1.29, 1.82) is 0 Å². The van der Waals surface area contributed by atoms with Gasteiger partial charge in [0.1, 0.15) is 0 Å². The van der Waals surface area contributed by atoms with Crippen molar-refractivity contribution < 1.29 is 21.3 Å². The fourth-order valence-corrected chi connectivity index (χ4v) is 9.16. The molecule has 2 saturated carbocycles. The van der Waals surface area contributed by atoms with Gasteiger partial charge in [0.2, 0.25) is 0 Å². The standard InChI is InChI=1S/C26H29OP.C5H5.Co/c27-28(21-12-3-1-4-13-21,22-14-5-2-6-15-22)26-19-20-11-7-8-16-23(20)24-17-9-10-18-25(24)26;1-2-4-5-3-1;/h1-6,12-15,19,23-24H,7-11,16-18H2;1-5H;/t23-,24-;;/m0../s1. The number of rotatable bonds is 3. The van der Waals surface area contributed by atoms with Crippen molar-refractivity contribution in [3.8, 4) is 0 Å². The molecule has 3 heteroatoms. The van der Waals surface area contributed by atoms with E-state index >= 15 is 0 Å². The van der Waals surface area contributed by atoms with Crippen molar-refractivity contribution in [2.45, 2.75) is 51.4 Å². The van der Waals surface area contributed by atoms with E-state index in [0.717, 1.165) is 17.0 Å². The molecule has 2 aromatic carbocycles. The number of hydrogen-bond acceptors (Lipinski definition) is 1. The number of allylic oxidation sites excluding steroid dienone is 8. The minimum atomic E-state index is -2.85. The summed E-state index contributed by atoms with van der Waals surface area (Å²) in [5.74, 6) is 1.34. The molecule has 4 aliphatic carbocycles. The maximum absolute atomic E-state index is 15.0. The van der Waals surface area contributed by atoms with E-state index in [2.05, 4.69) is 30.3 Å². The second-order valence-electron chi connectivity index (χ2n) is 9.58. The summed E-state index contributed by atoms with van der Waals surface area (Å²) in [4.78, 5) is 0. The summed E-state index contributed by atoms with van der Waals surface area (Å²) in [5.41, 5.74) is 3.11. The van der Waals surface area contributed by atoms with Crippen LogP contribution in [0.1, 0.15) is 51.4 Å². The van der Waals surface area contributed by atoms with E-state index in [4.69, 9.17) is 0 Å². The van der Waals surface area contributed by atoms with Gasteiger partial charge in [0.15, 0.2) is 7.14 Å². The van der Waals surface area contributed by atoms with Gasteiger partial charge in [0.25, 0.3) is 0 Å². The molecule has 0 aliphatic heterocycles. The predicted molar refractivity (Wildman–Crippen MR) is 141 cm³/mol. The fourth-order valence-electron chi connectivity index (χ4n) is 6.09. The van der Waals surface area contributed by atoms with E-state index in [1.54, 1.807) is 5.57 Å². The van der Waals surface area contributed by atoms with Crippen molar-refractivity contribution in [2.75, 3.05) is 0 Å². The summed E-state index contributed by atoms with van der Waals surface area (Å²) in [7, 11) is -2.85. The van der Waals surface area contributed by atoms with Crippen LogP contribution in [0.3, 0.4) is 0 Å². The molecule has 4 aliphatic rings. The molecule has 2 aromatic rings. The van der Waals surface area contributed by atoms with Crippen LogP contribution >= 0.6 is 7.14 Å². The summed E-state index contributed by atoms with van der Waals surface area (Å²) in [6.07, 6.45) is 22.6. The molecule has 0 heterocycles. The Morgan fingerprint density at radius 3 is 1.76 bits per heavy atom. The van der Waals surface area contributed by atoms with Crippen LogP contribution in [0.2, 0.25) is 0 Å². The van der Waals surface area contributed by atoms with Crippen molar-refractivity contribution >= 4 is 17.8 Å². The maximum atomic E-state index is 15.0. The molecule has 2 atom stereocenters. The van der Waals surface area contributed by atoms with Crippen molar-refractivity contribution in [3.05, 3.63) is 114 Å². The third-order valence-corrected chi connectivity index (χ3v) is 10.8. The molecule has 0 bridgehead atoms. The molecule has 2 fully saturated rings. The van der Waals surface area contributed by atoms with Gasteiger partial charge in [0, 0.05) is 39.1 Å². The fraction of sp³-hybridized carbons (Fsp3) is 0.323. The van der Waals surface area contributed by atoms with Gasteiger partial charge >= 0.3 is 0 Å². The van der Waals surface area contributed by atoms with Crippen LogP contribution in [0.5, 0.6) is 0 Å². The van der Waals surface area contributed by atoms with E-state index < -0.39 is 7.14 Å². The zero-order valence-electron chi connectivity index (χ0n) is 19.7. The number of hydrogen-bond donors (Lipinski definition) is 0. The van der Waals surface area contributed by atoms with Crippen LogP contribution in [-0.4, -0.2) is 0 Å². The largest absolute Gasteiger partial charge is 0.309 e. The zero-order valence-corrected chi connectivity index (χ0v) is 21.7. The Balaban J connectivity index is 0.000000407. The second kappa shape index (κ2) is 11.7. The van der Waals surface area contributed by atoms with Crippen LogP contribution in [0.15, 0.2) is 108 Å². The summed E-state index contributed by atoms with van der Waals surface area (Å²) < 4.78 is 15.0. The third kappa shape index (κ3) is 5.06. The molecule has 6 rings (SSSR count). The Kier molecular flexibility index (Phi) is 8.69. The quantitative estimate of drug-likeness (QED) is 0.382. The third-order valence-electron chi connectivity index (χ3n) is 7.64. The van der Waals surface area contributed by atoms with Gasteiger partial charge in [-0.3, -0.25) is 0 Å². The van der Waals surface area contributed by atoms with Crippen LogP contribution in [0.25, 0.3) is 0 Å². The Bertz CT molecular complexity index is 1070. The Morgan fingerprint density at radius 2 is 1.21 bits per heavy atom. The molecule has 2 radical (unpaired) electrons. The molecule has 0 aromatic heterocycles. The second-order valence-corrected chi connectivity index (χ2v) is 12.3. The normalized spacial score (nSPS) is 23.1. The van der Waals surface area contributed by atoms with E-state index in [1.165, 1.54) is 55.8 Å². The van der Waals surface area contributed by atoms with Crippen molar-refractivity contribution in [3.63, 3.8) is 0 Å². The molecule has 0 N–H and O–H groups in total. The van der Waals surface area contributed by atoms with Crippen LogP contribution in [-0.2, 0) is 21.3 Å².